The normalized spacial score (nSPS) is 25.5. The minimum atomic E-state index is -0.327. The van der Waals surface area contributed by atoms with Crippen LogP contribution in [0.15, 0.2) is 29.3 Å². The van der Waals surface area contributed by atoms with Gasteiger partial charge in [-0.25, -0.2) is 4.39 Å². The van der Waals surface area contributed by atoms with Crippen molar-refractivity contribution >= 4 is 5.96 Å². The summed E-state index contributed by atoms with van der Waals surface area (Å²) in [5, 5.41) is 0. The Kier molecular flexibility index (Phi) is 2.14. The highest BCUT2D eigenvalue weighted by Crippen LogP contribution is 2.31. The molecule has 2 N–H and O–H groups in total. The maximum Gasteiger partial charge on any atom is 0.191 e. The van der Waals surface area contributed by atoms with Gasteiger partial charge < -0.3 is 10.6 Å². The molecule has 3 nitrogen and oxygen atoms in total. The van der Waals surface area contributed by atoms with E-state index < -0.39 is 0 Å². The van der Waals surface area contributed by atoms with Crippen molar-refractivity contribution in [2.45, 2.75) is 12.5 Å². The Morgan fingerprint density at radius 1 is 1.53 bits per heavy atom. The molecule has 1 aromatic carbocycles. The van der Waals surface area contributed by atoms with Crippen LogP contribution < -0.4 is 5.73 Å². The first kappa shape index (κ1) is 9.96. The molecule has 0 bridgehead atoms. The van der Waals surface area contributed by atoms with Gasteiger partial charge in [0.05, 0.1) is 12.1 Å². The number of aliphatic imine (C=N–C) groups is 1. The van der Waals surface area contributed by atoms with Gasteiger partial charge >= 0.3 is 0 Å². The van der Waals surface area contributed by atoms with E-state index >= 15 is 0 Å². The lowest BCUT2D eigenvalue weighted by Crippen LogP contribution is -2.44. The van der Waals surface area contributed by atoms with E-state index in [1.807, 2.05) is 24.9 Å². The molecule has 0 aromatic heterocycles. The number of nitrogens with zero attached hydrogens (tertiary/aromatic N) is 2. The van der Waals surface area contributed by atoms with Gasteiger partial charge in [0.15, 0.2) is 5.96 Å². The van der Waals surface area contributed by atoms with E-state index in [2.05, 4.69) is 4.99 Å². The molecule has 1 heterocycles. The summed E-state index contributed by atoms with van der Waals surface area (Å²) in [6.45, 7) is 2.57. The molecule has 0 aliphatic carbocycles. The van der Waals surface area contributed by atoms with E-state index in [1.54, 1.807) is 6.07 Å². The molecule has 1 aromatic rings. The molecule has 0 radical (unpaired) electrons. The van der Waals surface area contributed by atoms with E-state index in [1.165, 1.54) is 12.1 Å². The highest BCUT2D eigenvalue weighted by molar-refractivity contribution is 5.80. The van der Waals surface area contributed by atoms with Crippen molar-refractivity contribution in [2.24, 2.45) is 10.7 Å². The van der Waals surface area contributed by atoms with Gasteiger partial charge in [-0.3, -0.25) is 4.99 Å². The lowest BCUT2D eigenvalue weighted by atomic mass is 9.91. The fraction of sp³-hybridized carbons (Fsp3) is 0.364. The zero-order valence-corrected chi connectivity index (χ0v) is 8.87. The van der Waals surface area contributed by atoms with Crippen LogP contribution in [0.25, 0.3) is 0 Å². The Balaban J connectivity index is 2.40. The number of nitrogens with two attached hydrogens (primary N) is 1. The molecule has 0 amide bonds. The highest BCUT2D eigenvalue weighted by Gasteiger charge is 2.37. The summed E-state index contributed by atoms with van der Waals surface area (Å²) in [6, 6.07) is 6.57. The van der Waals surface area contributed by atoms with Crippen LogP contribution in [0, 0.1) is 5.82 Å². The van der Waals surface area contributed by atoms with E-state index in [0.717, 1.165) is 5.56 Å². The van der Waals surface area contributed by atoms with E-state index in [-0.39, 0.29) is 11.4 Å². The van der Waals surface area contributed by atoms with Gasteiger partial charge in [-0.1, -0.05) is 12.1 Å². The third kappa shape index (κ3) is 1.46. The van der Waals surface area contributed by atoms with Gasteiger partial charge in [-0.2, -0.15) is 0 Å². The number of hydrogen-bond donors (Lipinski definition) is 1. The Morgan fingerprint density at radius 3 is 2.80 bits per heavy atom. The standard InChI is InChI=1S/C11H14FN3/c1-11(7-14-10(13)15(11)2)8-4-3-5-9(12)6-8/h3-6H,7H2,1-2H3,(H2,13,14). The summed E-state index contributed by atoms with van der Waals surface area (Å²) in [5.74, 6) is 0.273. The second-order valence-corrected chi connectivity index (χ2v) is 4.02. The van der Waals surface area contributed by atoms with Gasteiger partial charge in [0, 0.05) is 7.05 Å². The van der Waals surface area contributed by atoms with Crippen LogP contribution in [0.4, 0.5) is 4.39 Å². The number of benzene rings is 1. The Morgan fingerprint density at radius 2 is 2.27 bits per heavy atom. The lowest BCUT2D eigenvalue weighted by molar-refractivity contribution is 0.266. The first-order chi connectivity index (χ1) is 7.04. The summed E-state index contributed by atoms with van der Waals surface area (Å²) in [4.78, 5) is 6.05. The number of hydrogen-bond acceptors (Lipinski definition) is 3. The third-order valence-corrected chi connectivity index (χ3v) is 3.08. The van der Waals surface area contributed by atoms with E-state index in [4.69, 9.17) is 5.73 Å². The number of rotatable bonds is 1. The topological polar surface area (TPSA) is 41.6 Å². The molecular weight excluding hydrogens is 193 g/mol. The molecule has 1 aliphatic heterocycles. The maximum absolute atomic E-state index is 13.1. The van der Waals surface area contributed by atoms with Crippen molar-refractivity contribution in [3.8, 4) is 0 Å². The zero-order valence-electron chi connectivity index (χ0n) is 8.87. The van der Waals surface area contributed by atoms with Crippen molar-refractivity contribution in [3.05, 3.63) is 35.6 Å². The Labute approximate surface area is 88.4 Å². The largest absolute Gasteiger partial charge is 0.370 e. The molecule has 0 spiro atoms. The minimum absolute atomic E-state index is 0.229. The van der Waals surface area contributed by atoms with Crippen molar-refractivity contribution in [1.82, 2.24) is 4.90 Å². The van der Waals surface area contributed by atoms with Crippen LogP contribution in [-0.4, -0.2) is 24.5 Å². The second-order valence-electron chi connectivity index (χ2n) is 4.02. The smallest absolute Gasteiger partial charge is 0.191 e. The van der Waals surface area contributed by atoms with Gasteiger partial charge in [0.25, 0.3) is 0 Å². The van der Waals surface area contributed by atoms with Gasteiger partial charge in [0.1, 0.15) is 5.82 Å². The van der Waals surface area contributed by atoms with Crippen LogP contribution in [0.2, 0.25) is 0 Å². The monoisotopic (exact) mass is 207 g/mol. The second kappa shape index (κ2) is 3.22. The van der Waals surface area contributed by atoms with Crippen LogP contribution >= 0.6 is 0 Å². The maximum atomic E-state index is 13.1. The molecule has 4 heteroatoms. The minimum Gasteiger partial charge on any atom is -0.370 e. The van der Waals surface area contributed by atoms with Crippen LogP contribution in [0.1, 0.15) is 12.5 Å². The molecule has 0 saturated carbocycles. The number of halogens is 1. The van der Waals surface area contributed by atoms with Crippen molar-refractivity contribution in [1.29, 1.82) is 0 Å². The quantitative estimate of drug-likeness (QED) is 0.754. The number of likely N-dealkylation sites (N-methyl/N-ethyl adjacent to an activating group) is 1. The summed E-state index contributed by atoms with van der Waals surface area (Å²) < 4.78 is 13.1. The van der Waals surface area contributed by atoms with Crippen molar-refractivity contribution in [2.75, 3.05) is 13.6 Å². The van der Waals surface area contributed by atoms with Crippen LogP contribution in [-0.2, 0) is 5.54 Å². The summed E-state index contributed by atoms with van der Waals surface area (Å²) in [5.41, 5.74) is 6.28. The van der Waals surface area contributed by atoms with Gasteiger partial charge in [0.2, 0.25) is 0 Å². The fourth-order valence-corrected chi connectivity index (χ4v) is 1.81. The van der Waals surface area contributed by atoms with Crippen molar-refractivity contribution in [3.63, 3.8) is 0 Å². The Bertz CT molecular complexity index is 416. The average Bonchev–Trinajstić information content (AvgIpc) is 2.48. The highest BCUT2D eigenvalue weighted by atomic mass is 19.1. The van der Waals surface area contributed by atoms with Crippen LogP contribution in [0.5, 0.6) is 0 Å². The molecule has 15 heavy (non-hydrogen) atoms. The molecule has 0 saturated heterocycles. The molecule has 1 aliphatic rings. The van der Waals surface area contributed by atoms with E-state index in [0.29, 0.717) is 12.5 Å². The SMILES string of the molecule is CN1C(N)=NCC1(C)c1cccc(F)c1. The van der Waals surface area contributed by atoms with Crippen molar-refractivity contribution < 1.29 is 4.39 Å². The Hall–Kier alpha value is -1.58. The molecule has 80 valence electrons. The van der Waals surface area contributed by atoms with Crippen LogP contribution in [0.3, 0.4) is 0 Å². The summed E-state index contributed by atoms with van der Waals surface area (Å²) in [7, 11) is 1.87. The predicted octanol–water partition coefficient (Wildman–Crippen LogP) is 1.30. The summed E-state index contributed by atoms with van der Waals surface area (Å²) in [6.07, 6.45) is 0. The summed E-state index contributed by atoms with van der Waals surface area (Å²) >= 11 is 0. The first-order valence-electron chi connectivity index (χ1n) is 4.84. The number of guanidine groups is 1. The van der Waals surface area contributed by atoms with Gasteiger partial charge in [-0.15, -0.1) is 0 Å². The molecule has 1 atom stereocenters. The molecule has 2 rings (SSSR count). The zero-order chi connectivity index (χ0) is 11.1. The first-order valence-corrected chi connectivity index (χ1v) is 4.84. The predicted molar refractivity (Wildman–Crippen MR) is 58.0 cm³/mol. The third-order valence-electron chi connectivity index (χ3n) is 3.08. The average molecular weight is 207 g/mol. The molecule has 0 fully saturated rings. The van der Waals surface area contributed by atoms with Gasteiger partial charge in [-0.05, 0) is 24.6 Å². The molecule has 1 unspecified atom stereocenters. The van der Waals surface area contributed by atoms with E-state index in [9.17, 15) is 4.39 Å². The molecular formula is C11H14FN3. The lowest BCUT2D eigenvalue weighted by Gasteiger charge is -2.33. The fourth-order valence-electron chi connectivity index (χ4n) is 1.81.